The fourth-order valence-electron chi connectivity index (χ4n) is 3.17. The summed E-state index contributed by atoms with van der Waals surface area (Å²) in [6, 6.07) is 15.8. The highest BCUT2D eigenvalue weighted by Gasteiger charge is 2.09. The smallest absolute Gasteiger partial charge is 0.142 e. The lowest BCUT2D eigenvalue weighted by Gasteiger charge is -2.03. The maximum atomic E-state index is 14.1. The second kappa shape index (κ2) is 9.39. The van der Waals surface area contributed by atoms with Crippen molar-refractivity contribution in [2.75, 3.05) is 7.11 Å². The van der Waals surface area contributed by atoms with E-state index in [1.54, 1.807) is 18.2 Å². The number of aromatic nitrogens is 1. The average molecular weight is 427 g/mol. The molecule has 4 rings (SSSR count). The number of fused-ring (bicyclic) bond motifs is 1. The molecular weight excluding hydrogens is 411 g/mol. The largest absolute Gasteiger partial charge is 0.380 e. The minimum atomic E-state index is -0.741. The third kappa shape index (κ3) is 4.81. The van der Waals surface area contributed by atoms with Crippen LogP contribution in [0.5, 0.6) is 0 Å². The van der Waals surface area contributed by atoms with Crippen LogP contribution in [0.25, 0.3) is 10.8 Å². The Balaban J connectivity index is 1.55. The van der Waals surface area contributed by atoms with Crippen molar-refractivity contribution in [3.63, 3.8) is 0 Å². The van der Waals surface area contributed by atoms with Crippen LogP contribution in [0.4, 0.5) is 13.2 Å². The van der Waals surface area contributed by atoms with Crippen LogP contribution in [-0.2, 0) is 11.3 Å². The number of halogens is 3. The highest BCUT2D eigenvalue weighted by atomic mass is 19.1. The molecule has 0 unspecified atom stereocenters. The van der Waals surface area contributed by atoms with Crippen LogP contribution < -0.4 is 0 Å². The van der Waals surface area contributed by atoms with Gasteiger partial charge in [-0.1, -0.05) is 36.0 Å². The summed E-state index contributed by atoms with van der Waals surface area (Å²) in [6.45, 7) is 0.115. The zero-order valence-electron chi connectivity index (χ0n) is 17.0. The quantitative estimate of drug-likeness (QED) is 0.389. The molecule has 0 saturated heterocycles. The first-order chi connectivity index (χ1) is 15.5. The van der Waals surface area contributed by atoms with Crippen molar-refractivity contribution in [3.05, 3.63) is 112 Å². The lowest BCUT2D eigenvalue weighted by Crippen LogP contribution is -1.96. The molecule has 4 aromatic rings. The second-order valence-corrected chi connectivity index (χ2v) is 6.97. The van der Waals surface area contributed by atoms with E-state index in [0.717, 1.165) is 16.3 Å². The fourth-order valence-corrected chi connectivity index (χ4v) is 3.17. The van der Waals surface area contributed by atoms with Crippen molar-refractivity contribution in [1.29, 1.82) is 0 Å². The minimum absolute atomic E-state index is 0.115. The molecule has 0 fully saturated rings. The van der Waals surface area contributed by atoms with Crippen molar-refractivity contribution < 1.29 is 17.9 Å². The van der Waals surface area contributed by atoms with Gasteiger partial charge in [0, 0.05) is 24.4 Å². The van der Waals surface area contributed by atoms with Gasteiger partial charge in [0.2, 0.25) is 0 Å². The van der Waals surface area contributed by atoms with Gasteiger partial charge in [0.15, 0.2) is 0 Å². The van der Waals surface area contributed by atoms with Crippen molar-refractivity contribution in [2.45, 2.75) is 6.61 Å². The van der Waals surface area contributed by atoms with Crippen LogP contribution in [0.15, 0.2) is 66.9 Å². The molecule has 156 valence electrons. The zero-order valence-corrected chi connectivity index (χ0v) is 17.0. The van der Waals surface area contributed by atoms with Gasteiger partial charge in [-0.25, -0.2) is 18.2 Å². The molecule has 0 radical (unpaired) electrons. The second-order valence-electron chi connectivity index (χ2n) is 6.97. The van der Waals surface area contributed by atoms with Gasteiger partial charge < -0.3 is 4.74 Å². The molecule has 32 heavy (non-hydrogen) atoms. The minimum Gasteiger partial charge on any atom is -0.380 e. The summed E-state index contributed by atoms with van der Waals surface area (Å²) in [5.41, 5.74) is 1.86. The number of hydrogen-bond acceptors (Lipinski definition) is 2. The van der Waals surface area contributed by atoms with Crippen LogP contribution in [0.1, 0.15) is 27.9 Å². The molecule has 0 aliphatic rings. The number of ether oxygens (including phenoxy) is 1. The molecule has 0 aliphatic carbocycles. The van der Waals surface area contributed by atoms with Gasteiger partial charge in [0.1, 0.15) is 23.1 Å². The van der Waals surface area contributed by atoms with E-state index in [2.05, 4.69) is 28.7 Å². The Morgan fingerprint density at radius 2 is 1.66 bits per heavy atom. The molecule has 3 aromatic carbocycles. The highest BCUT2D eigenvalue weighted by molar-refractivity contribution is 5.88. The summed E-state index contributed by atoms with van der Waals surface area (Å²) in [5.74, 6) is 9.48. The van der Waals surface area contributed by atoms with Gasteiger partial charge in [-0.05, 0) is 64.7 Å². The van der Waals surface area contributed by atoms with Gasteiger partial charge in [-0.15, -0.1) is 0 Å². The maximum Gasteiger partial charge on any atom is 0.142 e. The van der Waals surface area contributed by atoms with Gasteiger partial charge in [0.05, 0.1) is 12.2 Å². The predicted octanol–water partition coefficient (Wildman–Crippen LogP) is 5.60. The van der Waals surface area contributed by atoms with E-state index >= 15 is 0 Å². The Morgan fingerprint density at radius 1 is 0.844 bits per heavy atom. The van der Waals surface area contributed by atoms with E-state index in [1.165, 1.54) is 37.6 Å². The molecule has 5 heteroatoms. The van der Waals surface area contributed by atoms with Crippen LogP contribution in [0.2, 0.25) is 0 Å². The van der Waals surface area contributed by atoms with Crippen molar-refractivity contribution >= 4 is 10.8 Å². The molecule has 0 N–H and O–H groups in total. The molecule has 1 heterocycles. The van der Waals surface area contributed by atoms with E-state index < -0.39 is 11.6 Å². The third-order valence-corrected chi connectivity index (χ3v) is 4.68. The van der Waals surface area contributed by atoms with Crippen LogP contribution in [0, 0.1) is 41.1 Å². The Morgan fingerprint density at radius 3 is 2.38 bits per heavy atom. The van der Waals surface area contributed by atoms with E-state index in [1.807, 2.05) is 18.2 Å². The first kappa shape index (κ1) is 21.2. The number of methoxy groups -OCH3 is 1. The number of pyridine rings is 1. The highest BCUT2D eigenvalue weighted by Crippen LogP contribution is 2.19. The van der Waals surface area contributed by atoms with E-state index in [9.17, 15) is 13.2 Å². The third-order valence-electron chi connectivity index (χ3n) is 4.68. The molecule has 0 aliphatic heterocycles. The van der Waals surface area contributed by atoms with Crippen molar-refractivity contribution in [3.8, 4) is 23.7 Å². The summed E-state index contributed by atoms with van der Waals surface area (Å²) in [5, 5.41) is 1.62. The van der Waals surface area contributed by atoms with Gasteiger partial charge in [0.25, 0.3) is 0 Å². The molecule has 0 atom stereocenters. The topological polar surface area (TPSA) is 22.1 Å². The van der Waals surface area contributed by atoms with Gasteiger partial charge in [-0.3, -0.25) is 0 Å². The van der Waals surface area contributed by atoms with Gasteiger partial charge in [-0.2, -0.15) is 0 Å². The van der Waals surface area contributed by atoms with Crippen LogP contribution in [-0.4, -0.2) is 12.1 Å². The Labute approximate surface area is 183 Å². The standard InChI is InChI=1S/C27H16F3NO/c1-32-17-19-13-26(29)25(27(30)14-19)11-6-18-5-9-23(31-16-18)10-7-20-3-2-4-21-15-22(28)8-12-24(20)21/h2-5,8-9,12-16H,17H2,1H3. The summed E-state index contributed by atoms with van der Waals surface area (Å²) in [7, 11) is 1.45. The van der Waals surface area contributed by atoms with Crippen LogP contribution in [0.3, 0.4) is 0 Å². The van der Waals surface area contributed by atoms with Crippen molar-refractivity contribution in [1.82, 2.24) is 4.98 Å². The number of nitrogens with zero attached hydrogens (tertiary/aromatic N) is 1. The Hall–Kier alpha value is -4.06. The normalized spacial score (nSPS) is 10.2. The first-order valence-corrected chi connectivity index (χ1v) is 9.69. The number of rotatable bonds is 2. The Bertz CT molecular complexity index is 1400. The maximum absolute atomic E-state index is 14.1. The van der Waals surface area contributed by atoms with Crippen molar-refractivity contribution in [2.24, 2.45) is 0 Å². The summed E-state index contributed by atoms with van der Waals surface area (Å²) in [6.07, 6.45) is 1.49. The van der Waals surface area contributed by atoms with Gasteiger partial charge >= 0.3 is 0 Å². The molecule has 1 aromatic heterocycles. The van der Waals surface area contributed by atoms with E-state index in [-0.39, 0.29) is 18.0 Å². The van der Waals surface area contributed by atoms with E-state index in [0.29, 0.717) is 16.8 Å². The lowest BCUT2D eigenvalue weighted by atomic mass is 10.0. The number of hydrogen-bond donors (Lipinski definition) is 0. The lowest BCUT2D eigenvalue weighted by molar-refractivity contribution is 0.184. The predicted molar refractivity (Wildman–Crippen MR) is 117 cm³/mol. The summed E-state index contributed by atoms with van der Waals surface area (Å²) >= 11 is 0. The fraction of sp³-hybridized carbons (Fsp3) is 0.0741. The first-order valence-electron chi connectivity index (χ1n) is 9.69. The number of benzene rings is 3. The average Bonchev–Trinajstić information content (AvgIpc) is 2.78. The van der Waals surface area contributed by atoms with Crippen LogP contribution >= 0.6 is 0 Å². The molecule has 0 spiro atoms. The molecule has 2 nitrogen and oxygen atoms in total. The Kier molecular flexibility index (Phi) is 6.22. The molecule has 0 amide bonds. The SMILES string of the molecule is COCc1cc(F)c(C#Cc2ccc(C#Cc3cccc4cc(F)ccc34)nc2)c(F)c1. The zero-order chi connectivity index (χ0) is 22.5. The monoisotopic (exact) mass is 427 g/mol. The summed E-state index contributed by atoms with van der Waals surface area (Å²) < 4.78 is 46.6. The molecule has 0 saturated carbocycles. The molecular formula is C27H16F3NO. The summed E-state index contributed by atoms with van der Waals surface area (Å²) in [4.78, 5) is 4.24. The van der Waals surface area contributed by atoms with E-state index in [4.69, 9.17) is 4.74 Å². The molecule has 0 bridgehead atoms.